The van der Waals surface area contributed by atoms with Crippen LogP contribution in [0.1, 0.15) is 57.9 Å². The van der Waals surface area contributed by atoms with Crippen LogP contribution in [0.3, 0.4) is 0 Å². The van der Waals surface area contributed by atoms with Crippen LogP contribution in [0.4, 0.5) is 4.39 Å². The summed E-state index contributed by atoms with van der Waals surface area (Å²) in [5.41, 5.74) is 0.733. The molecule has 1 saturated carbocycles. The monoisotopic (exact) mass is 290 g/mol. The largest absolute Gasteiger partial charge is 0.310 e. The number of nitrogens with zero attached hydrogens (tertiary/aromatic N) is 1. The summed E-state index contributed by atoms with van der Waals surface area (Å²) in [6.07, 6.45) is 6.35. The van der Waals surface area contributed by atoms with E-state index in [-0.39, 0.29) is 5.82 Å². The fourth-order valence-corrected chi connectivity index (χ4v) is 2.60. The van der Waals surface area contributed by atoms with Gasteiger partial charge in [-0.25, -0.2) is 4.39 Å². The number of hydrogen-bond donors (Lipinski definition) is 1. The molecular weight excluding hydrogens is 263 g/mol. The lowest BCUT2D eigenvalue weighted by molar-refractivity contribution is 0.293. The summed E-state index contributed by atoms with van der Waals surface area (Å²) < 4.78 is 13.4. The molecule has 0 amide bonds. The van der Waals surface area contributed by atoms with E-state index >= 15 is 0 Å². The first-order valence-corrected chi connectivity index (χ1v) is 8.04. The Morgan fingerprint density at radius 1 is 1.19 bits per heavy atom. The van der Waals surface area contributed by atoms with Crippen LogP contribution in [0.2, 0.25) is 0 Å². The Hall–Kier alpha value is -1.40. The van der Waals surface area contributed by atoms with Gasteiger partial charge < -0.3 is 5.32 Å². The summed E-state index contributed by atoms with van der Waals surface area (Å²) in [6.45, 7) is 4.85. The molecule has 0 bridgehead atoms. The van der Waals surface area contributed by atoms with E-state index in [1.807, 2.05) is 12.1 Å². The molecular formula is C18H27FN2. The number of hydrogen-bond acceptors (Lipinski definition) is 2. The van der Waals surface area contributed by atoms with Crippen molar-refractivity contribution in [2.45, 2.75) is 65.0 Å². The summed E-state index contributed by atoms with van der Waals surface area (Å²) in [4.78, 5) is 0. The molecule has 2 nitrogen and oxygen atoms in total. The molecule has 0 spiro atoms. The second-order valence-electron chi connectivity index (χ2n) is 5.76. The Bertz CT molecular complexity index is 431. The lowest BCUT2D eigenvalue weighted by Crippen LogP contribution is -2.32. The smallest absolute Gasteiger partial charge is 0.127 e. The van der Waals surface area contributed by atoms with Crippen LogP contribution < -0.4 is 5.32 Å². The molecule has 1 fully saturated rings. The van der Waals surface area contributed by atoms with Gasteiger partial charge in [-0.05, 0) is 37.7 Å². The molecule has 1 aliphatic rings. The number of halogens is 1. The van der Waals surface area contributed by atoms with Crippen molar-refractivity contribution in [3.8, 4) is 6.07 Å². The average Bonchev–Trinajstić information content (AvgIpc) is 2.49. The van der Waals surface area contributed by atoms with Gasteiger partial charge in [0, 0.05) is 24.6 Å². The molecule has 1 aromatic rings. The van der Waals surface area contributed by atoms with Crippen molar-refractivity contribution < 1.29 is 4.39 Å². The van der Waals surface area contributed by atoms with Gasteiger partial charge >= 0.3 is 0 Å². The van der Waals surface area contributed by atoms with Gasteiger partial charge in [0.1, 0.15) is 5.82 Å². The molecule has 0 aromatic heterocycles. The van der Waals surface area contributed by atoms with Crippen LogP contribution in [0.15, 0.2) is 24.3 Å². The predicted octanol–water partition coefficient (Wildman–Crippen LogP) is 4.80. The molecule has 0 atom stereocenters. The highest BCUT2D eigenvalue weighted by molar-refractivity contribution is 5.17. The van der Waals surface area contributed by atoms with E-state index in [1.165, 1.54) is 12.5 Å². The summed E-state index contributed by atoms with van der Waals surface area (Å²) in [7, 11) is 0. The van der Waals surface area contributed by atoms with Crippen molar-refractivity contribution in [3.05, 3.63) is 35.6 Å². The Balaban J connectivity index is 0.000000677. The SMILES string of the molecule is CCC.N#CCC1CCC(NCc2ccccc2F)CC1. The van der Waals surface area contributed by atoms with Crippen LogP contribution in [-0.2, 0) is 6.54 Å². The fraction of sp³-hybridized carbons (Fsp3) is 0.611. The van der Waals surface area contributed by atoms with Crippen molar-refractivity contribution in [3.63, 3.8) is 0 Å². The highest BCUT2D eigenvalue weighted by atomic mass is 19.1. The zero-order valence-electron chi connectivity index (χ0n) is 13.2. The van der Waals surface area contributed by atoms with E-state index in [2.05, 4.69) is 25.2 Å². The van der Waals surface area contributed by atoms with E-state index in [4.69, 9.17) is 5.26 Å². The maximum Gasteiger partial charge on any atom is 0.127 e. The van der Waals surface area contributed by atoms with Gasteiger partial charge in [0.25, 0.3) is 0 Å². The predicted molar refractivity (Wildman–Crippen MR) is 85.2 cm³/mol. The van der Waals surface area contributed by atoms with E-state index in [0.29, 0.717) is 24.9 Å². The van der Waals surface area contributed by atoms with Gasteiger partial charge in [0.2, 0.25) is 0 Å². The average molecular weight is 290 g/mol. The van der Waals surface area contributed by atoms with Gasteiger partial charge in [-0.1, -0.05) is 38.5 Å². The highest BCUT2D eigenvalue weighted by Crippen LogP contribution is 2.26. The number of rotatable bonds is 4. The minimum absolute atomic E-state index is 0.136. The van der Waals surface area contributed by atoms with Gasteiger partial charge in [0.05, 0.1) is 6.07 Å². The first-order chi connectivity index (χ1) is 10.2. The lowest BCUT2D eigenvalue weighted by Gasteiger charge is -2.28. The Morgan fingerprint density at radius 3 is 2.38 bits per heavy atom. The summed E-state index contributed by atoms with van der Waals surface area (Å²) in [5, 5.41) is 12.1. The van der Waals surface area contributed by atoms with Crippen LogP contribution in [0, 0.1) is 23.1 Å². The number of nitriles is 1. The second kappa shape index (κ2) is 10.3. The molecule has 1 aliphatic carbocycles. The van der Waals surface area contributed by atoms with Gasteiger partial charge in [0.15, 0.2) is 0 Å². The summed E-state index contributed by atoms with van der Waals surface area (Å²) in [6, 6.07) is 9.62. The second-order valence-corrected chi connectivity index (χ2v) is 5.76. The van der Waals surface area contributed by atoms with Crippen LogP contribution in [0.5, 0.6) is 0 Å². The normalized spacial score (nSPS) is 21.0. The molecule has 116 valence electrons. The van der Waals surface area contributed by atoms with Crippen LogP contribution in [-0.4, -0.2) is 6.04 Å². The third kappa shape index (κ3) is 6.73. The lowest BCUT2D eigenvalue weighted by atomic mass is 9.84. The van der Waals surface area contributed by atoms with Gasteiger partial charge in [-0.2, -0.15) is 5.26 Å². The van der Waals surface area contributed by atoms with E-state index in [0.717, 1.165) is 31.2 Å². The minimum atomic E-state index is -0.136. The third-order valence-corrected chi connectivity index (χ3v) is 3.77. The third-order valence-electron chi connectivity index (χ3n) is 3.77. The van der Waals surface area contributed by atoms with Crippen molar-refractivity contribution in [1.82, 2.24) is 5.32 Å². The summed E-state index contributed by atoms with van der Waals surface area (Å²) >= 11 is 0. The van der Waals surface area contributed by atoms with Crippen molar-refractivity contribution >= 4 is 0 Å². The maximum absolute atomic E-state index is 13.4. The molecule has 0 saturated heterocycles. The minimum Gasteiger partial charge on any atom is -0.310 e. The quantitative estimate of drug-likeness (QED) is 0.864. The molecule has 2 rings (SSSR count). The van der Waals surface area contributed by atoms with Gasteiger partial charge in [-0.15, -0.1) is 0 Å². The zero-order valence-corrected chi connectivity index (χ0v) is 13.2. The van der Waals surface area contributed by atoms with Crippen LogP contribution in [0.25, 0.3) is 0 Å². The number of nitrogens with one attached hydrogen (secondary N) is 1. The van der Waals surface area contributed by atoms with E-state index in [9.17, 15) is 4.39 Å². The Labute approximate surface area is 128 Å². The van der Waals surface area contributed by atoms with Crippen LogP contribution >= 0.6 is 0 Å². The first-order valence-electron chi connectivity index (χ1n) is 8.04. The summed E-state index contributed by atoms with van der Waals surface area (Å²) in [5.74, 6) is 0.435. The van der Waals surface area contributed by atoms with Gasteiger partial charge in [-0.3, -0.25) is 0 Å². The van der Waals surface area contributed by atoms with Crippen molar-refractivity contribution in [2.24, 2.45) is 5.92 Å². The Morgan fingerprint density at radius 2 is 1.81 bits per heavy atom. The fourth-order valence-electron chi connectivity index (χ4n) is 2.60. The highest BCUT2D eigenvalue weighted by Gasteiger charge is 2.20. The number of benzene rings is 1. The molecule has 21 heavy (non-hydrogen) atoms. The molecule has 0 radical (unpaired) electrons. The molecule has 0 unspecified atom stereocenters. The van der Waals surface area contributed by atoms with E-state index < -0.39 is 0 Å². The molecule has 1 N–H and O–H groups in total. The standard InChI is InChI=1S/C15H19FN2.C3H8/c16-15-4-2-1-3-13(15)11-18-14-7-5-12(6-8-14)9-10-17;1-3-2/h1-4,12,14,18H,5-9,11H2;3H2,1-2H3. The molecule has 1 aromatic carbocycles. The Kier molecular flexibility index (Phi) is 8.69. The maximum atomic E-state index is 13.4. The molecule has 0 heterocycles. The van der Waals surface area contributed by atoms with E-state index in [1.54, 1.807) is 6.07 Å². The topological polar surface area (TPSA) is 35.8 Å². The first kappa shape index (κ1) is 17.7. The zero-order chi connectivity index (χ0) is 15.5. The van der Waals surface area contributed by atoms with Crippen molar-refractivity contribution in [1.29, 1.82) is 5.26 Å². The molecule has 3 heteroatoms. The van der Waals surface area contributed by atoms with Crippen molar-refractivity contribution in [2.75, 3.05) is 0 Å². The molecule has 0 aliphatic heterocycles.